The van der Waals surface area contributed by atoms with Crippen molar-refractivity contribution in [2.75, 3.05) is 0 Å². The van der Waals surface area contributed by atoms with Crippen LogP contribution in [-0.2, 0) is 0 Å². The fourth-order valence-electron chi connectivity index (χ4n) is 0.973. The van der Waals surface area contributed by atoms with Gasteiger partial charge in [0.05, 0.1) is 11.7 Å². The molecule has 70 valence electrons. The Balaban J connectivity index is 2.99. The Labute approximate surface area is 76.3 Å². The van der Waals surface area contributed by atoms with Gasteiger partial charge in [0.15, 0.2) is 6.29 Å². The summed E-state index contributed by atoms with van der Waals surface area (Å²) in [5, 5.41) is 0. The predicted octanol–water partition coefficient (Wildman–Crippen LogP) is 2.43. The number of aldehydes is 1. The highest BCUT2D eigenvalue weighted by Crippen LogP contribution is 2.18. The Morgan fingerprint density at radius 2 is 2.15 bits per heavy atom. The van der Waals surface area contributed by atoms with Gasteiger partial charge in [-0.05, 0) is 32.0 Å². The van der Waals surface area contributed by atoms with Gasteiger partial charge in [0.25, 0.3) is 0 Å². The molecule has 1 aromatic rings. The van der Waals surface area contributed by atoms with Crippen LogP contribution in [0, 0.1) is 5.82 Å². The van der Waals surface area contributed by atoms with Crippen molar-refractivity contribution in [3.63, 3.8) is 0 Å². The van der Waals surface area contributed by atoms with Gasteiger partial charge < -0.3 is 4.74 Å². The van der Waals surface area contributed by atoms with Crippen molar-refractivity contribution in [3.05, 3.63) is 29.6 Å². The molecule has 0 saturated heterocycles. The molecule has 0 bridgehead atoms. The molecule has 0 aliphatic rings. The molecule has 0 spiro atoms. The summed E-state index contributed by atoms with van der Waals surface area (Å²) in [7, 11) is 0. The Hall–Kier alpha value is -1.38. The molecule has 0 radical (unpaired) electrons. The summed E-state index contributed by atoms with van der Waals surface area (Å²) < 4.78 is 18.0. The summed E-state index contributed by atoms with van der Waals surface area (Å²) in [5.74, 6) is -0.00962. The van der Waals surface area contributed by atoms with Gasteiger partial charge in [-0.25, -0.2) is 4.39 Å². The van der Waals surface area contributed by atoms with Crippen LogP contribution in [-0.4, -0.2) is 12.4 Å². The molecule has 0 atom stereocenters. The number of ether oxygens (including phenoxy) is 1. The second kappa shape index (κ2) is 4.03. The number of rotatable bonds is 3. The van der Waals surface area contributed by atoms with Gasteiger partial charge in [0.2, 0.25) is 0 Å². The first-order chi connectivity index (χ1) is 6.13. The number of carbonyl (C=O) groups excluding carboxylic acids is 1. The van der Waals surface area contributed by atoms with Crippen molar-refractivity contribution < 1.29 is 13.9 Å². The van der Waals surface area contributed by atoms with Crippen LogP contribution in [0.15, 0.2) is 18.2 Å². The minimum Gasteiger partial charge on any atom is -0.490 e. The van der Waals surface area contributed by atoms with Gasteiger partial charge in [-0.15, -0.1) is 0 Å². The van der Waals surface area contributed by atoms with E-state index in [1.807, 2.05) is 13.8 Å². The van der Waals surface area contributed by atoms with Crippen LogP contribution in [0.2, 0.25) is 0 Å². The van der Waals surface area contributed by atoms with Crippen molar-refractivity contribution >= 4 is 6.29 Å². The minimum atomic E-state index is -0.432. The highest BCUT2D eigenvalue weighted by atomic mass is 19.1. The summed E-state index contributed by atoms with van der Waals surface area (Å²) >= 11 is 0. The van der Waals surface area contributed by atoms with Crippen LogP contribution in [0.5, 0.6) is 5.75 Å². The fraction of sp³-hybridized carbons (Fsp3) is 0.300. The number of halogens is 1. The first-order valence-electron chi connectivity index (χ1n) is 4.05. The molecular weight excluding hydrogens is 171 g/mol. The molecule has 0 aliphatic carbocycles. The van der Waals surface area contributed by atoms with Crippen LogP contribution >= 0.6 is 0 Å². The summed E-state index contributed by atoms with van der Waals surface area (Å²) in [4.78, 5) is 10.5. The number of carbonyl (C=O) groups is 1. The van der Waals surface area contributed by atoms with Crippen molar-refractivity contribution in [2.45, 2.75) is 20.0 Å². The topological polar surface area (TPSA) is 26.3 Å². The maximum atomic E-state index is 12.7. The van der Waals surface area contributed by atoms with Crippen LogP contribution in [0.4, 0.5) is 4.39 Å². The van der Waals surface area contributed by atoms with E-state index in [1.54, 1.807) is 0 Å². The lowest BCUT2D eigenvalue weighted by Crippen LogP contribution is -2.07. The Morgan fingerprint density at radius 1 is 1.46 bits per heavy atom. The standard InChI is InChI=1S/C10H11FO2/c1-7(2)13-10-4-3-9(11)5-8(10)6-12/h3-7H,1-2H3. The molecule has 0 unspecified atom stereocenters. The summed E-state index contributed by atoms with van der Waals surface area (Å²) in [6.45, 7) is 3.69. The number of hydrogen-bond donors (Lipinski definition) is 0. The quantitative estimate of drug-likeness (QED) is 0.671. The first kappa shape index (κ1) is 9.71. The zero-order valence-corrected chi connectivity index (χ0v) is 7.58. The molecule has 2 nitrogen and oxygen atoms in total. The molecule has 1 aromatic carbocycles. The lowest BCUT2D eigenvalue weighted by atomic mass is 10.2. The van der Waals surface area contributed by atoms with E-state index < -0.39 is 5.82 Å². The average molecular weight is 182 g/mol. The summed E-state index contributed by atoms with van der Waals surface area (Å²) in [6, 6.07) is 3.88. The van der Waals surface area contributed by atoms with Gasteiger partial charge in [-0.2, -0.15) is 0 Å². The summed E-state index contributed by atoms with van der Waals surface area (Å²) in [5.41, 5.74) is 0.244. The molecule has 0 amide bonds. The van der Waals surface area contributed by atoms with Gasteiger partial charge in [0.1, 0.15) is 11.6 Å². The minimum absolute atomic E-state index is 0.0239. The van der Waals surface area contributed by atoms with Crippen molar-refractivity contribution in [2.24, 2.45) is 0 Å². The van der Waals surface area contributed by atoms with Gasteiger partial charge in [0, 0.05) is 0 Å². The molecule has 0 N–H and O–H groups in total. The second-order valence-electron chi connectivity index (χ2n) is 2.97. The fourth-order valence-corrected chi connectivity index (χ4v) is 0.973. The van der Waals surface area contributed by atoms with E-state index in [0.717, 1.165) is 6.07 Å². The predicted molar refractivity (Wildman–Crippen MR) is 47.6 cm³/mol. The van der Waals surface area contributed by atoms with Crippen molar-refractivity contribution in [1.29, 1.82) is 0 Å². The zero-order chi connectivity index (χ0) is 9.84. The van der Waals surface area contributed by atoms with E-state index in [9.17, 15) is 9.18 Å². The highest BCUT2D eigenvalue weighted by molar-refractivity contribution is 5.79. The molecule has 0 aliphatic heterocycles. The molecule has 0 saturated carbocycles. The average Bonchev–Trinajstić information content (AvgIpc) is 2.07. The largest absolute Gasteiger partial charge is 0.490 e. The van der Waals surface area contributed by atoms with E-state index in [-0.39, 0.29) is 11.7 Å². The second-order valence-corrected chi connectivity index (χ2v) is 2.97. The maximum absolute atomic E-state index is 12.7. The summed E-state index contributed by atoms with van der Waals surface area (Å²) in [6.07, 6.45) is 0.560. The Morgan fingerprint density at radius 3 is 2.69 bits per heavy atom. The number of benzene rings is 1. The van der Waals surface area contributed by atoms with E-state index in [4.69, 9.17) is 4.74 Å². The van der Waals surface area contributed by atoms with E-state index in [2.05, 4.69) is 0 Å². The Kier molecular flexibility index (Phi) is 3.01. The van der Waals surface area contributed by atoms with E-state index in [0.29, 0.717) is 12.0 Å². The van der Waals surface area contributed by atoms with Crippen molar-refractivity contribution in [3.8, 4) is 5.75 Å². The molecule has 1 rings (SSSR count). The molecule has 13 heavy (non-hydrogen) atoms. The monoisotopic (exact) mass is 182 g/mol. The van der Waals surface area contributed by atoms with Gasteiger partial charge >= 0.3 is 0 Å². The van der Waals surface area contributed by atoms with Gasteiger partial charge in [-0.3, -0.25) is 4.79 Å². The SMILES string of the molecule is CC(C)Oc1ccc(F)cc1C=O. The Bertz CT molecular complexity index is 308. The molecule has 0 aromatic heterocycles. The van der Waals surface area contributed by atoms with Crippen LogP contribution in [0.25, 0.3) is 0 Å². The number of hydrogen-bond acceptors (Lipinski definition) is 2. The normalized spacial score (nSPS) is 10.2. The van der Waals surface area contributed by atoms with Crippen LogP contribution in [0.1, 0.15) is 24.2 Å². The molecular formula is C10H11FO2. The van der Waals surface area contributed by atoms with E-state index >= 15 is 0 Å². The molecule has 3 heteroatoms. The van der Waals surface area contributed by atoms with E-state index in [1.165, 1.54) is 12.1 Å². The third kappa shape index (κ3) is 2.54. The van der Waals surface area contributed by atoms with Crippen molar-refractivity contribution in [1.82, 2.24) is 0 Å². The lowest BCUT2D eigenvalue weighted by Gasteiger charge is -2.11. The van der Waals surface area contributed by atoms with Crippen LogP contribution < -0.4 is 4.74 Å². The smallest absolute Gasteiger partial charge is 0.153 e. The maximum Gasteiger partial charge on any atom is 0.153 e. The third-order valence-corrected chi connectivity index (χ3v) is 1.46. The molecule has 0 fully saturated rings. The third-order valence-electron chi connectivity index (χ3n) is 1.46. The highest BCUT2D eigenvalue weighted by Gasteiger charge is 2.05. The first-order valence-corrected chi connectivity index (χ1v) is 4.05. The van der Waals surface area contributed by atoms with Crippen LogP contribution in [0.3, 0.4) is 0 Å². The zero-order valence-electron chi connectivity index (χ0n) is 7.58. The van der Waals surface area contributed by atoms with Gasteiger partial charge in [-0.1, -0.05) is 0 Å². The molecule has 0 heterocycles. The lowest BCUT2D eigenvalue weighted by molar-refractivity contribution is 0.111.